The van der Waals surface area contributed by atoms with Crippen molar-refractivity contribution in [3.8, 4) is 0 Å². The fraction of sp³-hybridized carbons (Fsp3) is 0.714. The summed E-state index contributed by atoms with van der Waals surface area (Å²) in [6.07, 6.45) is 0.859. The Morgan fingerprint density at radius 2 is 2.05 bits per heavy atom. The number of imidazole rings is 1. The smallest absolute Gasteiger partial charge is 0.158 e. The van der Waals surface area contributed by atoms with Crippen molar-refractivity contribution < 1.29 is 4.74 Å². The maximum absolute atomic E-state index is 6.30. The van der Waals surface area contributed by atoms with E-state index < -0.39 is 0 Å². The molecule has 0 radical (unpaired) electrons. The second kappa shape index (κ2) is 5.37. The van der Waals surface area contributed by atoms with Crippen molar-refractivity contribution in [3.05, 3.63) is 11.5 Å². The first kappa shape index (κ1) is 15.3. The predicted octanol–water partition coefficient (Wildman–Crippen LogP) is 3.06. The predicted molar refractivity (Wildman–Crippen MR) is 81.2 cm³/mol. The molecule has 2 rings (SSSR count). The zero-order valence-electron chi connectivity index (χ0n) is 13.1. The van der Waals surface area contributed by atoms with Crippen LogP contribution in [0.3, 0.4) is 0 Å². The number of alkyl halides is 1. The number of hydrogen-bond acceptors (Lipinski definition) is 3. The summed E-state index contributed by atoms with van der Waals surface area (Å²) in [5, 5.41) is 4.38. The molecule has 0 aliphatic rings. The Kier molecular flexibility index (Phi) is 4.12. The molecule has 20 heavy (non-hydrogen) atoms. The van der Waals surface area contributed by atoms with E-state index >= 15 is 0 Å². The van der Waals surface area contributed by atoms with E-state index in [1.54, 1.807) is 7.11 Å². The second-order valence-corrected chi connectivity index (χ2v) is 6.39. The number of aryl methyl sites for hydroxylation is 2. The highest BCUT2D eigenvalue weighted by Crippen LogP contribution is 2.28. The number of hydrogen-bond donors (Lipinski definition) is 0. The van der Waals surface area contributed by atoms with Gasteiger partial charge in [0.2, 0.25) is 0 Å². The fourth-order valence-corrected chi connectivity index (χ4v) is 2.57. The minimum atomic E-state index is -0.287. The summed E-state index contributed by atoms with van der Waals surface area (Å²) in [4.78, 5) is 4.71. The summed E-state index contributed by atoms with van der Waals surface area (Å²) >= 11 is 6.30. The maximum atomic E-state index is 6.30. The third-order valence-electron chi connectivity index (χ3n) is 3.60. The second-order valence-electron chi connectivity index (χ2n) is 5.73. The van der Waals surface area contributed by atoms with E-state index in [1.165, 1.54) is 0 Å². The van der Waals surface area contributed by atoms with Crippen molar-refractivity contribution >= 4 is 22.8 Å². The number of fused-ring (bicyclic) bond motifs is 1. The lowest BCUT2D eigenvalue weighted by Gasteiger charge is -2.25. The zero-order valence-corrected chi connectivity index (χ0v) is 13.8. The van der Waals surface area contributed by atoms with Crippen molar-refractivity contribution in [2.45, 2.75) is 51.6 Å². The largest absolute Gasteiger partial charge is 0.377 e. The van der Waals surface area contributed by atoms with Crippen molar-refractivity contribution in [2.24, 2.45) is 7.05 Å². The van der Waals surface area contributed by atoms with Gasteiger partial charge < -0.3 is 9.30 Å². The van der Waals surface area contributed by atoms with E-state index in [0.29, 0.717) is 6.54 Å². The van der Waals surface area contributed by atoms with Crippen LogP contribution in [0.5, 0.6) is 0 Å². The van der Waals surface area contributed by atoms with Gasteiger partial charge >= 0.3 is 0 Å². The topological polar surface area (TPSA) is 44.9 Å². The average Bonchev–Trinajstić information content (AvgIpc) is 2.88. The van der Waals surface area contributed by atoms with Gasteiger partial charge in [-0.15, -0.1) is 11.6 Å². The number of nitrogens with zero attached hydrogens (tertiary/aromatic N) is 4. The van der Waals surface area contributed by atoms with E-state index in [1.807, 2.05) is 18.7 Å². The van der Waals surface area contributed by atoms with Crippen LogP contribution in [0.4, 0.5) is 0 Å². The monoisotopic (exact) mass is 298 g/mol. The third kappa shape index (κ3) is 2.56. The van der Waals surface area contributed by atoms with Crippen LogP contribution in [0, 0.1) is 0 Å². The van der Waals surface area contributed by atoms with Gasteiger partial charge in [-0.1, -0.05) is 6.92 Å². The molecule has 0 N–H and O–H groups in total. The first-order chi connectivity index (χ1) is 9.30. The van der Waals surface area contributed by atoms with Gasteiger partial charge in [0.1, 0.15) is 11.3 Å². The number of methoxy groups -OCH3 is 1. The molecule has 0 fully saturated rings. The molecule has 0 amide bonds. The van der Waals surface area contributed by atoms with Crippen molar-refractivity contribution in [1.29, 1.82) is 0 Å². The molecule has 6 heteroatoms. The van der Waals surface area contributed by atoms with Gasteiger partial charge in [0.25, 0.3) is 0 Å². The molecular weight excluding hydrogens is 276 g/mol. The summed E-state index contributed by atoms with van der Waals surface area (Å²) in [6.45, 7) is 8.83. The minimum absolute atomic E-state index is 0.153. The Hall–Kier alpha value is -1.07. The Balaban J connectivity index is 2.65. The molecule has 0 saturated heterocycles. The van der Waals surface area contributed by atoms with Gasteiger partial charge in [-0.2, -0.15) is 5.10 Å². The molecule has 0 aromatic carbocycles. The van der Waals surface area contributed by atoms with Crippen LogP contribution >= 0.6 is 11.6 Å². The van der Waals surface area contributed by atoms with Crippen LogP contribution in [0.15, 0.2) is 0 Å². The molecule has 5 nitrogen and oxygen atoms in total. The van der Waals surface area contributed by atoms with Crippen LogP contribution in [-0.4, -0.2) is 32.0 Å². The first-order valence-electron chi connectivity index (χ1n) is 6.92. The number of ether oxygens (including phenoxy) is 1. The first-order valence-corrected chi connectivity index (χ1v) is 7.35. The lowest BCUT2D eigenvalue weighted by atomic mass is 10.1. The molecule has 1 atom stereocenters. The van der Waals surface area contributed by atoms with Gasteiger partial charge in [0.15, 0.2) is 5.65 Å². The minimum Gasteiger partial charge on any atom is -0.377 e. The highest BCUT2D eigenvalue weighted by atomic mass is 35.5. The van der Waals surface area contributed by atoms with Gasteiger partial charge in [-0.3, -0.25) is 4.68 Å². The molecule has 1 unspecified atom stereocenters. The van der Waals surface area contributed by atoms with E-state index in [2.05, 4.69) is 30.4 Å². The van der Waals surface area contributed by atoms with Crippen LogP contribution < -0.4 is 0 Å². The van der Waals surface area contributed by atoms with E-state index in [4.69, 9.17) is 21.3 Å². The Morgan fingerprint density at radius 3 is 2.55 bits per heavy atom. The van der Waals surface area contributed by atoms with Crippen LogP contribution in [0.25, 0.3) is 11.2 Å². The Labute approximate surface area is 124 Å². The Morgan fingerprint density at radius 1 is 1.40 bits per heavy atom. The van der Waals surface area contributed by atoms with Gasteiger partial charge in [-0.05, 0) is 27.2 Å². The van der Waals surface area contributed by atoms with E-state index in [0.717, 1.165) is 29.1 Å². The molecule has 112 valence electrons. The highest BCUT2D eigenvalue weighted by Gasteiger charge is 2.26. The van der Waals surface area contributed by atoms with Crippen LogP contribution in [0.2, 0.25) is 0 Å². The molecule has 0 saturated carbocycles. The van der Waals surface area contributed by atoms with Crippen LogP contribution in [-0.2, 0) is 24.8 Å². The Bertz CT molecular complexity index is 612. The summed E-state index contributed by atoms with van der Waals surface area (Å²) in [5.74, 6) is 0.870. The van der Waals surface area contributed by atoms with E-state index in [9.17, 15) is 0 Å². The molecule has 2 heterocycles. The zero-order chi connectivity index (χ0) is 15.1. The van der Waals surface area contributed by atoms with Gasteiger partial charge in [0.05, 0.1) is 23.2 Å². The standard InChI is InChI=1S/C14H23ClN4O/c1-7-10-11-13(18(5)17-10)19(8-14(3,4)20-6)12(16-11)9(2)15/h9H,7-8H2,1-6H3. The van der Waals surface area contributed by atoms with Gasteiger partial charge in [0, 0.05) is 14.2 Å². The fourth-order valence-electron chi connectivity index (χ4n) is 2.40. The lowest BCUT2D eigenvalue weighted by Crippen LogP contribution is -2.30. The summed E-state index contributed by atoms with van der Waals surface area (Å²) in [7, 11) is 3.67. The molecule has 0 bridgehead atoms. The summed E-state index contributed by atoms with van der Waals surface area (Å²) in [6, 6.07) is 0. The average molecular weight is 299 g/mol. The number of rotatable bonds is 5. The van der Waals surface area contributed by atoms with Crippen molar-refractivity contribution in [1.82, 2.24) is 19.3 Å². The SMILES string of the molecule is CCc1nn(C)c2c1nc(C(C)Cl)n2CC(C)(C)OC. The molecule has 0 spiro atoms. The normalized spacial score (nSPS) is 14.2. The highest BCUT2D eigenvalue weighted by molar-refractivity contribution is 6.20. The van der Waals surface area contributed by atoms with E-state index in [-0.39, 0.29) is 11.0 Å². The van der Waals surface area contributed by atoms with Crippen molar-refractivity contribution in [2.75, 3.05) is 7.11 Å². The molecular formula is C14H23ClN4O. The van der Waals surface area contributed by atoms with Gasteiger partial charge in [-0.25, -0.2) is 4.98 Å². The van der Waals surface area contributed by atoms with Crippen molar-refractivity contribution in [3.63, 3.8) is 0 Å². The molecule has 2 aromatic heterocycles. The summed E-state index contributed by atoms with van der Waals surface area (Å²) < 4.78 is 9.56. The number of aromatic nitrogens is 4. The third-order valence-corrected chi connectivity index (χ3v) is 3.80. The number of halogens is 1. The molecule has 2 aromatic rings. The quantitative estimate of drug-likeness (QED) is 0.797. The molecule has 0 aliphatic heterocycles. The van der Waals surface area contributed by atoms with Crippen LogP contribution in [0.1, 0.15) is 44.6 Å². The molecule has 0 aliphatic carbocycles. The lowest BCUT2D eigenvalue weighted by molar-refractivity contribution is 0.00820. The summed E-state index contributed by atoms with van der Waals surface area (Å²) in [5.41, 5.74) is 2.68. The maximum Gasteiger partial charge on any atom is 0.158 e.